The summed E-state index contributed by atoms with van der Waals surface area (Å²) in [5.74, 6) is -0.507. The zero-order valence-electron chi connectivity index (χ0n) is 11.1. The molecule has 0 aromatic rings. The van der Waals surface area contributed by atoms with E-state index < -0.39 is 23.7 Å². The molecule has 0 spiro atoms. The number of amides is 1. The van der Waals surface area contributed by atoms with Gasteiger partial charge in [-0.2, -0.15) is 5.11 Å². The smallest absolute Gasteiger partial charge is 0.411 e. The Bertz CT molecular complexity index is 351. The predicted octanol–water partition coefficient (Wildman–Crippen LogP) is 1.57. The number of hydrogen-bond acceptors (Lipinski definition) is 6. The van der Waals surface area contributed by atoms with Gasteiger partial charge in [0.25, 0.3) is 0 Å². The third kappa shape index (κ3) is 3.41. The number of hydrogen-bond donors (Lipinski definition) is 1. The zero-order chi connectivity index (χ0) is 13.9. The van der Waals surface area contributed by atoms with Crippen LogP contribution in [0, 0.1) is 5.53 Å². The average molecular weight is 257 g/mol. The lowest BCUT2D eigenvalue weighted by molar-refractivity contribution is -0.145. The predicted molar refractivity (Wildman–Crippen MR) is 62.3 cm³/mol. The molecular formula is C11H19N3O4. The summed E-state index contributed by atoms with van der Waals surface area (Å²) in [6.45, 7) is 5.46. The summed E-state index contributed by atoms with van der Waals surface area (Å²) in [4.78, 5) is 24.8. The van der Waals surface area contributed by atoms with Crippen molar-refractivity contribution >= 4 is 12.1 Å². The van der Waals surface area contributed by atoms with E-state index in [0.717, 1.165) is 0 Å². The summed E-state index contributed by atoms with van der Waals surface area (Å²) in [5.41, 5.74) is 6.36. The summed E-state index contributed by atoms with van der Waals surface area (Å²) in [6, 6.07) is -1.09. The quantitative estimate of drug-likeness (QED) is 0.600. The van der Waals surface area contributed by atoms with E-state index >= 15 is 0 Å². The van der Waals surface area contributed by atoms with Crippen LogP contribution in [0.4, 0.5) is 4.79 Å². The highest BCUT2D eigenvalue weighted by atomic mass is 16.6. The van der Waals surface area contributed by atoms with Crippen molar-refractivity contribution in [3.8, 4) is 0 Å². The molecule has 1 N–H and O–H groups in total. The Morgan fingerprint density at radius 1 is 1.39 bits per heavy atom. The monoisotopic (exact) mass is 257 g/mol. The van der Waals surface area contributed by atoms with Crippen molar-refractivity contribution in [1.29, 1.82) is 5.53 Å². The minimum Gasteiger partial charge on any atom is -0.467 e. The summed E-state index contributed by atoms with van der Waals surface area (Å²) in [5, 5.41) is 3.38. The average Bonchev–Trinajstić information content (AvgIpc) is 2.69. The lowest BCUT2D eigenvalue weighted by atomic mass is 10.2. The van der Waals surface area contributed by atoms with E-state index in [0.29, 0.717) is 6.42 Å². The first-order valence-electron chi connectivity index (χ1n) is 5.72. The van der Waals surface area contributed by atoms with Gasteiger partial charge in [0, 0.05) is 13.0 Å². The van der Waals surface area contributed by atoms with Crippen molar-refractivity contribution in [2.75, 3.05) is 13.7 Å². The van der Waals surface area contributed by atoms with Crippen LogP contribution in [0.25, 0.3) is 0 Å². The van der Waals surface area contributed by atoms with Crippen molar-refractivity contribution in [1.82, 2.24) is 4.90 Å². The molecule has 1 aliphatic rings. The minimum absolute atomic E-state index is 0.207. The normalized spacial score (nSPS) is 23.7. The molecule has 0 bridgehead atoms. The van der Waals surface area contributed by atoms with Gasteiger partial charge in [0.05, 0.1) is 13.2 Å². The lowest BCUT2D eigenvalue weighted by Crippen LogP contribution is -2.43. The molecule has 0 radical (unpaired) electrons. The van der Waals surface area contributed by atoms with Gasteiger partial charge in [0.15, 0.2) is 0 Å². The largest absolute Gasteiger partial charge is 0.467 e. The second kappa shape index (κ2) is 5.32. The first kappa shape index (κ1) is 14.4. The van der Waals surface area contributed by atoms with Crippen molar-refractivity contribution in [2.24, 2.45) is 5.11 Å². The highest BCUT2D eigenvalue weighted by Gasteiger charge is 2.42. The van der Waals surface area contributed by atoms with Crippen molar-refractivity contribution in [2.45, 2.75) is 44.9 Å². The molecule has 7 heteroatoms. The van der Waals surface area contributed by atoms with E-state index in [1.807, 2.05) is 0 Å². The number of carbonyl (C=O) groups excluding carboxylic acids is 2. The summed E-state index contributed by atoms with van der Waals surface area (Å²) < 4.78 is 9.86. The number of likely N-dealkylation sites (tertiary alicyclic amines) is 1. The molecule has 0 aromatic heterocycles. The molecule has 1 fully saturated rings. The number of rotatable bonds is 2. The van der Waals surface area contributed by atoms with Crippen LogP contribution in [0.15, 0.2) is 5.11 Å². The molecule has 1 amide bonds. The van der Waals surface area contributed by atoms with Crippen molar-refractivity contribution in [3.05, 3.63) is 0 Å². The molecule has 0 unspecified atom stereocenters. The molecule has 0 aromatic carbocycles. The van der Waals surface area contributed by atoms with Gasteiger partial charge in [-0.15, -0.1) is 0 Å². The molecule has 2 atom stereocenters. The van der Waals surface area contributed by atoms with E-state index in [-0.39, 0.29) is 12.6 Å². The van der Waals surface area contributed by atoms with Crippen LogP contribution in [0.2, 0.25) is 0 Å². The van der Waals surface area contributed by atoms with Crippen LogP contribution < -0.4 is 0 Å². The van der Waals surface area contributed by atoms with Crippen LogP contribution in [0.1, 0.15) is 27.2 Å². The van der Waals surface area contributed by atoms with Crippen LogP contribution in [-0.4, -0.2) is 48.3 Å². The first-order chi connectivity index (χ1) is 8.28. The fraction of sp³-hybridized carbons (Fsp3) is 0.818. The number of nitrogens with one attached hydrogen (secondary N) is 1. The second-order valence-corrected chi connectivity index (χ2v) is 5.19. The molecule has 1 heterocycles. The molecule has 0 saturated carbocycles. The van der Waals surface area contributed by atoms with Crippen LogP contribution in [0.5, 0.6) is 0 Å². The maximum Gasteiger partial charge on any atom is 0.411 e. The van der Waals surface area contributed by atoms with Crippen LogP contribution in [-0.2, 0) is 14.3 Å². The summed E-state index contributed by atoms with van der Waals surface area (Å²) in [6.07, 6.45) is -0.279. The highest BCUT2D eigenvalue weighted by Crippen LogP contribution is 2.23. The molecule has 1 saturated heterocycles. The Hall–Kier alpha value is -1.66. The van der Waals surface area contributed by atoms with E-state index in [2.05, 4.69) is 9.85 Å². The maximum absolute atomic E-state index is 11.9. The standard InChI is InChI=1S/C11H19N3O4/c1-11(2,3)18-10(16)14-6-7(13-12)5-8(14)9(15)17-4/h7-8,12H,5-6H2,1-4H3/t7-,8+/m1/s1. The van der Waals surface area contributed by atoms with Gasteiger partial charge < -0.3 is 9.47 Å². The fourth-order valence-electron chi connectivity index (χ4n) is 1.79. The van der Waals surface area contributed by atoms with Gasteiger partial charge >= 0.3 is 12.1 Å². The molecule has 0 aliphatic carbocycles. The number of methoxy groups -OCH3 is 1. The Balaban J connectivity index is 2.80. The molecule has 18 heavy (non-hydrogen) atoms. The maximum atomic E-state index is 11.9. The fourth-order valence-corrected chi connectivity index (χ4v) is 1.79. The Labute approximate surface area is 106 Å². The third-order valence-electron chi connectivity index (χ3n) is 2.56. The SMILES string of the molecule is COC(=O)[C@@H]1C[C@@H](N=N)CN1C(=O)OC(C)(C)C. The van der Waals surface area contributed by atoms with Crippen LogP contribution in [0.3, 0.4) is 0 Å². The van der Waals surface area contributed by atoms with E-state index in [1.165, 1.54) is 12.0 Å². The Morgan fingerprint density at radius 2 is 2.00 bits per heavy atom. The second-order valence-electron chi connectivity index (χ2n) is 5.19. The molecule has 102 valence electrons. The lowest BCUT2D eigenvalue weighted by Gasteiger charge is -2.27. The molecule has 1 rings (SSSR count). The summed E-state index contributed by atoms with van der Waals surface area (Å²) in [7, 11) is 1.26. The topological polar surface area (TPSA) is 92.0 Å². The summed E-state index contributed by atoms with van der Waals surface area (Å²) >= 11 is 0. The van der Waals surface area contributed by atoms with Gasteiger partial charge in [-0.1, -0.05) is 0 Å². The highest BCUT2D eigenvalue weighted by molar-refractivity contribution is 5.82. The van der Waals surface area contributed by atoms with E-state index in [4.69, 9.17) is 10.3 Å². The number of nitrogens with zero attached hydrogens (tertiary/aromatic N) is 2. The van der Waals surface area contributed by atoms with Gasteiger partial charge in [-0.05, 0) is 20.8 Å². The van der Waals surface area contributed by atoms with Crippen molar-refractivity contribution in [3.63, 3.8) is 0 Å². The van der Waals surface area contributed by atoms with Gasteiger partial charge in [-0.3, -0.25) is 4.90 Å². The molecular weight excluding hydrogens is 238 g/mol. The minimum atomic E-state index is -0.719. The number of ether oxygens (including phenoxy) is 2. The van der Waals surface area contributed by atoms with Gasteiger partial charge in [0.1, 0.15) is 11.6 Å². The number of esters is 1. The Kier molecular flexibility index (Phi) is 4.26. The van der Waals surface area contributed by atoms with Crippen LogP contribution >= 0.6 is 0 Å². The van der Waals surface area contributed by atoms with E-state index in [1.54, 1.807) is 20.8 Å². The third-order valence-corrected chi connectivity index (χ3v) is 2.56. The zero-order valence-corrected chi connectivity index (χ0v) is 11.1. The molecule has 7 nitrogen and oxygen atoms in total. The van der Waals surface area contributed by atoms with Gasteiger partial charge in [0.2, 0.25) is 0 Å². The van der Waals surface area contributed by atoms with Crippen molar-refractivity contribution < 1.29 is 19.1 Å². The number of carbonyl (C=O) groups is 2. The Morgan fingerprint density at radius 3 is 2.44 bits per heavy atom. The van der Waals surface area contributed by atoms with Gasteiger partial charge in [-0.25, -0.2) is 15.1 Å². The first-order valence-corrected chi connectivity index (χ1v) is 5.72. The molecule has 1 aliphatic heterocycles. The van der Waals surface area contributed by atoms with E-state index in [9.17, 15) is 9.59 Å².